The molecule has 19 heavy (non-hydrogen) atoms. The summed E-state index contributed by atoms with van der Waals surface area (Å²) in [5.41, 5.74) is 0.251. The summed E-state index contributed by atoms with van der Waals surface area (Å²) >= 11 is 5.84. The third-order valence-corrected chi connectivity index (χ3v) is 2.77. The van der Waals surface area contributed by atoms with E-state index < -0.39 is 29.8 Å². The van der Waals surface area contributed by atoms with Gasteiger partial charge in [-0.2, -0.15) is 0 Å². The zero-order valence-electron chi connectivity index (χ0n) is 9.70. The van der Waals surface area contributed by atoms with E-state index in [1.807, 2.05) is 0 Å². The van der Waals surface area contributed by atoms with E-state index in [9.17, 15) is 13.6 Å². The Morgan fingerprint density at radius 3 is 2.32 bits per heavy atom. The SMILES string of the molecule is O=C(COc1c(F)cccc1F)c1ccccc1Cl. The van der Waals surface area contributed by atoms with Crippen LogP contribution in [0.3, 0.4) is 0 Å². The molecule has 0 spiro atoms. The molecule has 0 aliphatic carbocycles. The van der Waals surface area contributed by atoms with Crippen LogP contribution < -0.4 is 4.74 Å². The average molecular weight is 283 g/mol. The molecule has 2 aromatic rings. The summed E-state index contributed by atoms with van der Waals surface area (Å²) in [6.45, 7) is -0.485. The Kier molecular flexibility index (Phi) is 4.12. The molecule has 0 saturated heterocycles. The Balaban J connectivity index is 2.11. The molecule has 0 fully saturated rings. The maximum atomic E-state index is 13.3. The van der Waals surface area contributed by atoms with Crippen molar-refractivity contribution in [3.05, 3.63) is 64.7 Å². The predicted molar refractivity (Wildman–Crippen MR) is 67.6 cm³/mol. The van der Waals surface area contributed by atoms with Gasteiger partial charge in [0.05, 0.1) is 5.02 Å². The van der Waals surface area contributed by atoms with Gasteiger partial charge in [0.2, 0.25) is 5.78 Å². The quantitative estimate of drug-likeness (QED) is 0.796. The lowest BCUT2D eigenvalue weighted by Crippen LogP contribution is -2.13. The number of rotatable bonds is 4. The number of ether oxygens (including phenoxy) is 1. The Morgan fingerprint density at radius 2 is 1.68 bits per heavy atom. The second-order valence-corrected chi connectivity index (χ2v) is 4.15. The Morgan fingerprint density at radius 1 is 1.05 bits per heavy atom. The van der Waals surface area contributed by atoms with Crippen LogP contribution in [0.5, 0.6) is 5.75 Å². The number of Topliss-reactive ketones (excluding diaryl/α,β-unsaturated/α-hetero) is 1. The number of hydrogen-bond donors (Lipinski definition) is 0. The lowest BCUT2D eigenvalue weighted by Gasteiger charge is -2.08. The lowest BCUT2D eigenvalue weighted by molar-refractivity contribution is 0.0916. The molecule has 98 valence electrons. The monoisotopic (exact) mass is 282 g/mol. The molecule has 0 aromatic heterocycles. The fourth-order valence-electron chi connectivity index (χ4n) is 1.52. The van der Waals surface area contributed by atoms with Gasteiger partial charge in [0.25, 0.3) is 0 Å². The minimum atomic E-state index is -0.855. The van der Waals surface area contributed by atoms with Crippen molar-refractivity contribution in [3.63, 3.8) is 0 Å². The Bertz CT molecular complexity index is 594. The van der Waals surface area contributed by atoms with E-state index in [0.29, 0.717) is 0 Å². The molecule has 2 aromatic carbocycles. The lowest BCUT2D eigenvalue weighted by atomic mass is 10.1. The number of benzene rings is 2. The van der Waals surface area contributed by atoms with Crippen LogP contribution in [-0.4, -0.2) is 12.4 Å². The first kappa shape index (κ1) is 13.5. The normalized spacial score (nSPS) is 10.3. The van der Waals surface area contributed by atoms with Crippen molar-refractivity contribution >= 4 is 17.4 Å². The Labute approximate surface area is 113 Å². The van der Waals surface area contributed by atoms with Crippen LogP contribution in [0.2, 0.25) is 5.02 Å². The Hall–Kier alpha value is -1.94. The predicted octanol–water partition coefficient (Wildman–Crippen LogP) is 3.88. The number of carbonyl (C=O) groups is 1. The number of carbonyl (C=O) groups excluding carboxylic acids is 1. The molecule has 2 rings (SSSR count). The fourth-order valence-corrected chi connectivity index (χ4v) is 1.76. The van der Waals surface area contributed by atoms with Gasteiger partial charge in [-0.05, 0) is 24.3 Å². The van der Waals surface area contributed by atoms with Gasteiger partial charge < -0.3 is 4.74 Å². The molecule has 0 heterocycles. The van der Waals surface area contributed by atoms with Gasteiger partial charge in [-0.1, -0.05) is 29.8 Å². The van der Waals surface area contributed by atoms with Crippen LogP contribution >= 0.6 is 11.6 Å². The van der Waals surface area contributed by atoms with E-state index in [-0.39, 0.29) is 10.6 Å². The summed E-state index contributed by atoms with van der Waals surface area (Å²) in [5, 5.41) is 0.269. The highest BCUT2D eigenvalue weighted by Crippen LogP contribution is 2.22. The van der Waals surface area contributed by atoms with Gasteiger partial charge in [-0.3, -0.25) is 4.79 Å². The molecule has 0 unspecified atom stereocenters. The van der Waals surface area contributed by atoms with Crippen molar-refractivity contribution < 1.29 is 18.3 Å². The van der Waals surface area contributed by atoms with Gasteiger partial charge in [0.15, 0.2) is 24.0 Å². The smallest absolute Gasteiger partial charge is 0.201 e. The number of para-hydroxylation sites is 1. The highest BCUT2D eigenvalue weighted by atomic mass is 35.5. The summed E-state index contributed by atoms with van der Waals surface area (Å²) in [6, 6.07) is 9.72. The minimum absolute atomic E-state index is 0.251. The van der Waals surface area contributed by atoms with Crippen LogP contribution in [-0.2, 0) is 0 Å². The molecule has 0 saturated carbocycles. The molecule has 0 amide bonds. The summed E-state index contributed by atoms with van der Waals surface area (Å²) in [4.78, 5) is 11.8. The second kappa shape index (κ2) is 5.80. The second-order valence-electron chi connectivity index (χ2n) is 3.74. The molecule has 0 N–H and O–H groups in total. The van der Waals surface area contributed by atoms with E-state index in [2.05, 4.69) is 0 Å². The van der Waals surface area contributed by atoms with Gasteiger partial charge >= 0.3 is 0 Å². The standard InChI is InChI=1S/C14H9ClF2O2/c15-10-5-2-1-4-9(10)13(18)8-19-14-11(16)6-3-7-12(14)17/h1-7H,8H2. The first-order valence-corrected chi connectivity index (χ1v) is 5.82. The highest BCUT2D eigenvalue weighted by molar-refractivity contribution is 6.34. The highest BCUT2D eigenvalue weighted by Gasteiger charge is 2.14. The van der Waals surface area contributed by atoms with Gasteiger partial charge in [0, 0.05) is 5.56 Å². The summed E-state index contributed by atoms with van der Waals surface area (Å²) in [7, 11) is 0. The fraction of sp³-hybridized carbons (Fsp3) is 0.0714. The van der Waals surface area contributed by atoms with Crippen LogP contribution in [0.4, 0.5) is 8.78 Å². The van der Waals surface area contributed by atoms with E-state index >= 15 is 0 Å². The largest absolute Gasteiger partial charge is 0.479 e. The van der Waals surface area contributed by atoms with Crippen molar-refractivity contribution in [1.29, 1.82) is 0 Å². The minimum Gasteiger partial charge on any atom is -0.479 e. The molecule has 5 heteroatoms. The molecule has 0 aliphatic rings. The van der Waals surface area contributed by atoms with Crippen LogP contribution in [0.25, 0.3) is 0 Å². The van der Waals surface area contributed by atoms with Crippen LogP contribution in [0.15, 0.2) is 42.5 Å². The molecule has 0 atom stereocenters. The van der Waals surface area contributed by atoms with Gasteiger partial charge in [0.1, 0.15) is 0 Å². The maximum absolute atomic E-state index is 13.3. The van der Waals surface area contributed by atoms with E-state index in [4.69, 9.17) is 16.3 Å². The van der Waals surface area contributed by atoms with Crippen molar-refractivity contribution in [2.75, 3.05) is 6.61 Å². The molecule has 0 radical (unpaired) electrons. The summed E-state index contributed by atoms with van der Waals surface area (Å²) < 4.78 is 31.4. The number of halogens is 3. The van der Waals surface area contributed by atoms with Gasteiger partial charge in [-0.25, -0.2) is 8.78 Å². The molecular weight excluding hydrogens is 274 g/mol. The first-order chi connectivity index (χ1) is 9.09. The summed E-state index contributed by atoms with van der Waals surface area (Å²) in [6.07, 6.45) is 0. The molecule has 0 aliphatic heterocycles. The van der Waals surface area contributed by atoms with E-state index in [0.717, 1.165) is 12.1 Å². The van der Waals surface area contributed by atoms with Crippen molar-refractivity contribution in [2.45, 2.75) is 0 Å². The zero-order valence-corrected chi connectivity index (χ0v) is 10.5. The van der Waals surface area contributed by atoms with Gasteiger partial charge in [-0.15, -0.1) is 0 Å². The van der Waals surface area contributed by atoms with E-state index in [1.54, 1.807) is 18.2 Å². The number of hydrogen-bond acceptors (Lipinski definition) is 2. The van der Waals surface area contributed by atoms with Crippen LogP contribution in [0, 0.1) is 11.6 Å². The number of ketones is 1. The first-order valence-electron chi connectivity index (χ1n) is 5.44. The van der Waals surface area contributed by atoms with Crippen molar-refractivity contribution in [3.8, 4) is 5.75 Å². The average Bonchev–Trinajstić information content (AvgIpc) is 2.38. The molecule has 2 nitrogen and oxygen atoms in total. The summed E-state index contributed by atoms with van der Waals surface area (Å²) in [5.74, 6) is -2.73. The molecular formula is C14H9ClF2O2. The third kappa shape index (κ3) is 3.09. The topological polar surface area (TPSA) is 26.3 Å². The van der Waals surface area contributed by atoms with Crippen LogP contribution in [0.1, 0.15) is 10.4 Å². The van der Waals surface area contributed by atoms with Crippen molar-refractivity contribution in [1.82, 2.24) is 0 Å². The van der Waals surface area contributed by atoms with E-state index in [1.165, 1.54) is 12.1 Å². The molecule has 0 bridgehead atoms. The third-order valence-electron chi connectivity index (χ3n) is 2.44. The zero-order chi connectivity index (χ0) is 13.8. The maximum Gasteiger partial charge on any atom is 0.201 e. The van der Waals surface area contributed by atoms with Crippen molar-refractivity contribution in [2.24, 2.45) is 0 Å².